The fourth-order valence-corrected chi connectivity index (χ4v) is 5.16. The van der Waals surface area contributed by atoms with Crippen molar-refractivity contribution in [3.8, 4) is 5.69 Å². The van der Waals surface area contributed by atoms with Gasteiger partial charge in [-0.25, -0.2) is 9.18 Å². The summed E-state index contributed by atoms with van der Waals surface area (Å²) in [5, 5.41) is 4.77. The third-order valence-corrected chi connectivity index (χ3v) is 6.98. The summed E-state index contributed by atoms with van der Waals surface area (Å²) in [4.78, 5) is 16.3. The number of halogens is 2. The number of benzene rings is 2. The lowest BCUT2D eigenvalue weighted by Crippen LogP contribution is -2.50. The van der Waals surface area contributed by atoms with E-state index in [4.69, 9.17) is 11.6 Å². The van der Waals surface area contributed by atoms with Gasteiger partial charge in [0.25, 0.3) is 0 Å². The van der Waals surface area contributed by atoms with Crippen LogP contribution >= 0.6 is 11.6 Å². The Balaban J connectivity index is 1.41. The Kier molecular flexibility index (Phi) is 5.36. The molecule has 7 heteroatoms. The van der Waals surface area contributed by atoms with Crippen molar-refractivity contribution in [2.75, 3.05) is 26.2 Å². The molecule has 2 fully saturated rings. The Morgan fingerprint density at radius 1 is 1.10 bits per heavy atom. The molecule has 1 atom stereocenters. The highest BCUT2D eigenvalue weighted by atomic mass is 35.5. The Hall–Kier alpha value is -2.57. The molecule has 1 unspecified atom stereocenters. The summed E-state index contributed by atoms with van der Waals surface area (Å²) in [5.74, 6) is 0.176. The summed E-state index contributed by atoms with van der Waals surface area (Å²) in [6.07, 6.45) is 4.34. The third-order valence-electron chi connectivity index (χ3n) is 6.74. The highest BCUT2D eigenvalue weighted by Gasteiger charge is 2.32. The van der Waals surface area contributed by atoms with Gasteiger partial charge in [0, 0.05) is 48.5 Å². The minimum Gasteiger partial charge on any atom is -0.336 e. The molecule has 1 N–H and O–H groups in total. The second-order valence-electron chi connectivity index (χ2n) is 8.46. The number of rotatable bonds is 4. The largest absolute Gasteiger partial charge is 0.336 e. The Labute approximate surface area is 186 Å². The first-order valence-corrected chi connectivity index (χ1v) is 11.2. The molecule has 5 nitrogen and oxygen atoms in total. The van der Waals surface area contributed by atoms with Crippen molar-refractivity contribution in [3.05, 3.63) is 65.1 Å². The van der Waals surface area contributed by atoms with Crippen LogP contribution in [0.15, 0.2) is 48.7 Å². The average molecular weight is 441 g/mol. The molecule has 2 aromatic carbocycles. The smallest absolute Gasteiger partial charge is 0.318 e. The van der Waals surface area contributed by atoms with Gasteiger partial charge in [-0.1, -0.05) is 11.6 Å². The maximum absolute atomic E-state index is 13.4. The number of aromatic nitrogens is 1. The van der Waals surface area contributed by atoms with Gasteiger partial charge in [-0.2, -0.15) is 0 Å². The van der Waals surface area contributed by atoms with Crippen LogP contribution in [0.4, 0.5) is 9.18 Å². The van der Waals surface area contributed by atoms with Crippen molar-refractivity contribution in [1.29, 1.82) is 0 Å². The lowest BCUT2D eigenvalue weighted by atomic mass is 9.89. The van der Waals surface area contributed by atoms with E-state index < -0.39 is 0 Å². The molecule has 162 valence electrons. The summed E-state index contributed by atoms with van der Waals surface area (Å²) in [6, 6.07) is 12.6. The SMILES string of the molecule is CC(N1CCC(c2cn(-c3ccc(F)cc3)c3ccc(Cl)cc23)CC1)N1CCNC1=O. The number of nitrogens with zero attached hydrogens (tertiary/aromatic N) is 3. The summed E-state index contributed by atoms with van der Waals surface area (Å²) in [7, 11) is 0. The molecular weight excluding hydrogens is 415 g/mol. The molecule has 0 spiro atoms. The summed E-state index contributed by atoms with van der Waals surface area (Å²) < 4.78 is 15.6. The van der Waals surface area contributed by atoms with Crippen LogP contribution in [0.5, 0.6) is 0 Å². The van der Waals surface area contributed by atoms with Crippen molar-refractivity contribution in [3.63, 3.8) is 0 Å². The van der Waals surface area contributed by atoms with Gasteiger partial charge in [0.2, 0.25) is 0 Å². The van der Waals surface area contributed by atoms with Crippen LogP contribution in [-0.4, -0.2) is 52.7 Å². The topological polar surface area (TPSA) is 40.5 Å². The fourth-order valence-electron chi connectivity index (χ4n) is 4.99. The van der Waals surface area contributed by atoms with E-state index in [-0.39, 0.29) is 18.0 Å². The number of urea groups is 1. The van der Waals surface area contributed by atoms with Gasteiger partial charge < -0.3 is 14.8 Å². The Morgan fingerprint density at radius 2 is 1.84 bits per heavy atom. The van der Waals surface area contributed by atoms with E-state index in [9.17, 15) is 9.18 Å². The standard InChI is InChI=1S/C24H26ClFN4O/c1-16(29-13-10-27-24(29)31)28-11-8-17(9-12-28)22-15-30(20-5-3-19(26)4-6-20)23-7-2-18(25)14-21(22)23/h2-7,14-17H,8-13H2,1H3,(H,27,31). The van der Waals surface area contributed by atoms with Crippen LogP contribution in [0.1, 0.15) is 31.2 Å². The van der Waals surface area contributed by atoms with Gasteiger partial charge in [-0.3, -0.25) is 4.90 Å². The fraction of sp³-hybridized carbons (Fsp3) is 0.375. The van der Waals surface area contributed by atoms with E-state index in [2.05, 4.69) is 27.9 Å². The third kappa shape index (κ3) is 3.79. The zero-order chi connectivity index (χ0) is 21.5. The van der Waals surface area contributed by atoms with E-state index in [1.807, 2.05) is 23.1 Å². The van der Waals surface area contributed by atoms with Crippen LogP contribution in [0.3, 0.4) is 0 Å². The maximum Gasteiger partial charge on any atom is 0.318 e. The minimum absolute atomic E-state index is 0.0339. The van der Waals surface area contributed by atoms with Crippen molar-refractivity contribution >= 4 is 28.5 Å². The maximum atomic E-state index is 13.4. The van der Waals surface area contributed by atoms with E-state index >= 15 is 0 Å². The Bertz CT molecular complexity index is 1100. The van der Waals surface area contributed by atoms with Crippen LogP contribution < -0.4 is 5.32 Å². The molecule has 2 saturated heterocycles. The van der Waals surface area contributed by atoms with Crippen LogP contribution in [0.25, 0.3) is 16.6 Å². The second-order valence-corrected chi connectivity index (χ2v) is 8.90. The van der Waals surface area contributed by atoms with E-state index in [1.165, 1.54) is 17.7 Å². The lowest BCUT2D eigenvalue weighted by Gasteiger charge is -2.39. The first-order valence-electron chi connectivity index (χ1n) is 10.9. The molecule has 0 saturated carbocycles. The van der Waals surface area contributed by atoms with Gasteiger partial charge in [-0.05, 0) is 73.7 Å². The predicted molar refractivity (Wildman–Crippen MR) is 121 cm³/mol. The molecule has 2 aliphatic rings. The zero-order valence-electron chi connectivity index (χ0n) is 17.5. The first-order chi connectivity index (χ1) is 15.0. The number of amides is 2. The quantitative estimate of drug-likeness (QED) is 0.622. The van der Waals surface area contributed by atoms with Crippen LogP contribution in [0, 0.1) is 5.82 Å². The lowest BCUT2D eigenvalue weighted by molar-refractivity contribution is 0.0704. The Morgan fingerprint density at radius 3 is 2.52 bits per heavy atom. The first kappa shape index (κ1) is 20.3. The molecule has 0 radical (unpaired) electrons. The van der Waals surface area contributed by atoms with Crippen LogP contribution in [0.2, 0.25) is 5.02 Å². The molecule has 3 heterocycles. The van der Waals surface area contributed by atoms with Crippen molar-refractivity contribution in [1.82, 2.24) is 19.7 Å². The number of nitrogens with one attached hydrogen (secondary N) is 1. The monoisotopic (exact) mass is 440 g/mol. The van der Waals surface area contributed by atoms with Gasteiger partial charge in [0.1, 0.15) is 5.82 Å². The normalized spacial score (nSPS) is 19.2. The van der Waals surface area contributed by atoms with Crippen molar-refractivity contribution in [2.24, 2.45) is 0 Å². The number of likely N-dealkylation sites (tertiary alicyclic amines) is 1. The molecule has 3 aromatic rings. The molecular formula is C24H26ClFN4O. The van der Waals surface area contributed by atoms with E-state index in [1.54, 1.807) is 12.1 Å². The van der Waals surface area contributed by atoms with Crippen molar-refractivity contribution in [2.45, 2.75) is 31.8 Å². The molecule has 2 amide bonds. The van der Waals surface area contributed by atoms with Gasteiger partial charge in [0.05, 0.1) is 11.7 Å². The molecule has 31 heavy (non-hydrogen) atoms. The average Bonchev–Trinajstić information content (AvgIpc) is 3.37. The molecule has 0 bridgehead atoms. The molecule has 0 aliphatic carbocycles. The van der Waals surface area contributed by atoms with Crippen LogP contribution in [-0.2, 0) is 0 Å². The highest BCUT2D eigenvalue weighted by molar-refractivity contribution is 6.31. The van der Waals surface area contributed by atoms with E-state index in [0.717, 1.165) is 60.6 Å². The second kappa shape index (κ2) is 8.17. The van der Waals surface area contributed by atoms with Crippen molar-refractivity contribution < 1.29 is 9.18 Å². The van der Waals surface area contributed by atoms with Gasteiger partial charge >= 0.3 is 6.03 Å². The number of piperidine rings is 1. The summed E-state index contributed by atoms with van der Waals surface area (Å²) >= 11 is 6.35. The number of carbonyl (C=O) groups excluding carboxylic acids is 1. The number of fused-ring (bicyclic) bond motifs is 1. The zero-order valence-corrected chi connectivity index (χ0v) is 18.3. The van der Waals surface area contributed by atoms with E-state index in [0.29, 0.717) is 5.92 Å². The number of hydrogen-bond acceptors (Lipinski definition) is 2. The molecule has 1 aromatic heterocycles. The summed E-state index contributed by atoms with van der Waals surface area (Å²) in [6.45, 7) is 5.50. The number of carbonyl (C=O) groups is 1. The van der Waals surface area contributed by atoms with Gasteiger partial charge in [-0.15, -0.1) is 0 Å². The predicted octanol–water partition coefficient (Wildman–Crippen LogP) is 4.97. The molecule has 2 aliphatic heterocycles. The summed E-state index contributed by atoms with van der Waals surface area (Å²) in [5.41, 5.74) is 3.30. The van der Waals surface area contributed by atoms with Gasteiger partial charge in [0.15, 0.2) is 0 Å². The highest BCUT2D eigenvalue weighted by Crippen LogP contribution is 2.37. The minimum atomic E-state index is -0.239. The number of hydrogen-bond donors (Lipinski definition) is 1. The molecule has 5 rings (SSSR count).